The summed E-state index contributed by atoms with van der Waals surface area (Å²) in [5, 5.41) is 3.25. The second-order valence-corrected chi connectivity index (χ2v) is 3.89. The van der Waals surface area contributed by atoms with Gasteiger partial charge in [-0.25, -0.2) is 0 Å². The van der Waals surface area contributed by atoms with Crippen LogP contribution in [0.3, 0.4) is 0 Å². The van der Waals surface area contributed by atoms with Crippen LogP contribution in [-0.4, -0.2) is 50.2 Å². The van der Waals surface area contributed by atoms with Crippen LogP contribution < -0.4 is 5.32 Å². The molecule has 0 aliphatic carbocycles. The van der Waals surface area contributed by atoms with E-state index in [0.717, 1.165) is 25.9 Å². The van der Waals surface area contributed by atoms with Crippen molar-refractivity contribution in [1.82, 2.24) is 10.2 Å². The second-order valence-electron chi connectivity index (χ2n) is 3.89. The Labute approximate surface area is 104 Å². The van der Waals surface area contributed by atoms with E-state index in [-0.39, 0.29) is 18.3 Å². The van der Waals surface area contributed by atoms with Crippen molar-refractivity contribution in [2.45, 2.75) is 32.2 Å². The minimum Gasteiger partial charge on any atom is -0.381 e. The highest BCUT2D eigenvalue weighted by Gasteiger charge is 2.20. The molecule has 1 N–H and O–H groups in total. The van der Waals surface area contributed by atoms with E-state index in [4.69, 9.17) is 4.74 Å². The predicted octanol–water partition coefficient (Wildman–Crippen LogP) is 1.05. The molecule has 4 nitrogen and oxygen atoms in total. The van der Waals surface area contributed by atoms with E-state index in [9.17, 15) is 4.79 Å². The van der Waals surface area contributed by atoms with Gasteiger partial charge in [0.15, 0.2) is 0 Å². The van der Waals surface area contributed by atoms with Crippen molar-refractivity contribution >= 4 is 18.3 Å². The minimum absolute atomic E-state index is 0. The molecule has 0 unspecified atom stereocenters. The number of hydrogen-bond donors (Lipinski definition) is 1. The first-order valence-electron chi connectivity index (χ1n) is 5.80. The zero-order valence-corrected chi connectivity index (χ0v) is 11.0. The lowest BCUT2D eigenvalue weighted by Crippen LogP contribution is -2.44. The molecule has 1 heterocycles. The Morgan fingerprint density at radius 2 is 2.06 bits per heavy atom. The van der Waals surface area contributed by atoms with Crippen molar-refractivity contribution in [3.05, 3.63) is 0 Å². The third-order valence-corrected chi connectivity index (χ3v) is 2.92. The van der Waals surface area contributed by atoms with Crippen LogP contribution in [-0.2, 0) is 9.53 Å². The van der Waals surface area contributed by atoms with Gasteiger partial charge in [0.2, 0.25) is 5.91 Å². The van der Waals surface area contributed by atoms with E-state index in [2.05, 4.69) is 5.32 Å². The van der Waals surface area contributed by atoms with Crippen molar-refractivity contribution in [3.63, 3.8) is 0 Å². The number of carbonyl (C=O) groups excluding carboxylic acids is 1. The Balaban J connectivity index is 0.00000225. The molecule has 0 saturated carbocycles. The molecule has 0 atom stereocenters. The largest absolute Gasteiger partial charge is 0.381 e. The molecule has 0 aromatic carbocycles. The Kier molecular flexibility index (Phi) is 8.61. The lowest BCUT2D eigenvalue weighted by Gasteiger charge is -2.31. The van der Waals surface area contributed by atoms with Crippen LogP contribution in [0.4, 0.5) is 0 Å². The third-order valence-electron chi connectivity index (χ3n) is 2.92. The molecular weight excluding hydrogens is 228 g/mol. The first kappa shape index (κ1) is 15.7. The SMILES string of the molecule is CCOCCC(=O)N1CCC(NC)CC1.Cl. The average Bonchev–Trinajstić information content (AvgIpc) is 2.29. The molecule has 1 saturated heterocycles. The number of amides is 1. The van der Waals surface area contributed by atoms with Crippen LogP contribution in [0.15, 0.2) is 0 Å². The molecule has 5 heteroatoms. The van der Waals surface area contributed by atoms with E-state index >= 15 is 0 Å². The number of hydrogen-bond acceptors (Lipinski definition) is 3. The van der Waals surface area contributed by atoms with Crippen molar-refractivity contribution in [3.8, 4) is 0 Å². The molecule has 1 aliphatic rings. The molecule has 0 spiro atoms. The van der Waals surface area contributed by atoms with Gasteiger partial charge in [0.1, 0.15) is 0 Å². The van der Waals surface area contributed by atoms with Gasteiger partial charge in [-0.1, -0.05) is 0 Å². The van der Waals surface area contributed by atoms with Crippen LogP contribution in [0.1, 0.15) is 26.2 Å². The monoisotopic (exact) mass is 250 g/mol. The Morgan fingerprint density at radius 3 is 2.56 bits per heavy atom. The van der Waals surface area contributed by atoms with Crippen LogP contribution in [0, 0.1) is 0 Å². The number of nitrogens with one attached hydrogen (secondary N) is 1. The molecule has 0 radical (unpaired) electrons. The maximum absolute atomic E-state index is 11.7. The molecule has 0 aromatic heterocycles. The lowest BCUT2D eigenvalue weighted by molar-refractivity contribution is -0.133. The molecule has 16 heavy (non-hydrogen) atoms. The van der Waals surface area contributed by atoms with Gasteiger partial charge in [0, 0.05) is 25.7 Å². The Bertz CT molecular complexity index is 194. The minimum atomic E-state index is 0. The predicted molar refractivity (Wildman–Crippen MR) is 67.0 cm³/mol. The van der Waals surface area contributed by atoms with Gasteiger partial charge in [-0.3, -0.25) is 4.79 Å². The fraction of sp³-hybridized carbons (Fsp3) is 0.909. The summed E-state index contributed by atoms with van der Waals surface area (Å²) in [4.78, 5) is 13.6. The van der Waals surface area contributed by atoms with Crippen LogP contribution in [0.2, 0.25) is 0 Å². The van der Waals surface area contributed by atoms with E-state index in [1.807, 2.05) is 18.9 Å². The number of halogens is 1. The molecule has 1 amide bonds. The average molecular weight is 251 g/mol. The van der Waals surface area contributed by atoms with E-state index in [1.165, 1.54) is 0 Å². The number of likely N-dealkylation sites (tertiary alicyclic amines) is 1. The highest BCUT2D eigenvalue weighted by molar-refractivity contribution is 5.85. The fourth-order valence-corrected chi connectivity index (χ4v) is 1.88. The van der Waals surface area contributed by atoms with Crippen molar-refractivity contribution < 1.29 is 9.53 Å². The summed E-state index contributed by atoms with van der Waals surface area (Å²) in [6, 6.07) is 0.584. The summed E-state index contributed by atoms with van der Waals surface area (Å²) in [7, 11) is 1.98. The summed E-state index contributed by atoms with van der Waals surface area (Å²) < 4.78 is 5.18. The van der Waals surface area contributed by atoms with Gasteiger partial charge in [0.25, 0.3) is 0 Å². The summed E-state index contributed by atoms with van der Waals surface area (Å²) >= 11 is 0. The highest BCUT2D eigenvalue weighted by atomic mass is 35.5. The third kappa shape index (κ3) is 5.14. The zero-order valence-electron chi connectivity index (χ0n) is 10.2. The van der Waals surface area contributed by atoms with E-state index in [1.54, 1.807) is 0 Å². The number of rotatable bonds is 5. The Morgan fingerprint density at radius 1 is 1.44 bits per heavy atom. The quantitative estimate of drug-likeness (QED) is 0.742. The number of ether oxygens (including phenoxy) is 1. The molecular formula is C11H23ClN2O2. The van der Waals surface area contributed by atoms with Crippen LogP contribution in [0.5, 0.6) is 0 Å². The number of nitrogens with zero attached hydrogens (tertiary/aromatic N) is 1. The van der Waals surface area contributed by atoms with E-state index in [0.29, 0.717) is 25.7 Å². The number of piperidine rings is 1. The highest BCUT2D eigenvalue weighted by Crippen LogP contribution is 2.10. The van der Waals surface area contributed by atoms with Crippen LogP contribution >= 0.6 is 12.4 Å². The molecule has 1 aliphatic heterocycles. The lowest BCUT2D eigenvalue weighted by atomic mass is 10.1. The smallest absolute Gasteiger partial charge is 0.224 e. The van der Waals surface area contributed by atoms with E-state index < -0.39 is 0 Å². The van der Waals surface area contributed by atoms with Gasteiger partial charge in [0.05, 0.1) is 13.0 Å². The van der Waals surface area contributed by atoms with Gasteiger partial charge in [-0.05, 0) is 26.8 Å². The topological polar surface area (TPSA) is 41.6 Å². The maximum atomic E-state index is 11.7. The van der Waals surface area contributed by atoms with Gasteiger partial charge < -0.3 is 15.0 Å². The standard InChI is InChI=1S/C11H22N2O2.ClH/c1-3-15-9-6-11(14)13-7-4-10(12-2)5-8-13;/h10,12H,3-9H2,1-2H3;1H. The fourth-order valence-electron chi connectivity index (χ4n) is 1.88. The van der Waals surface area contributed by atoms with Gasteiger partial charge in [-0.2, -0.15) is 0 Å². The Hall–Kier alpha value is -0.320. The van der Waals surface area contributed by atoms with Crippen molar-refractivity contribution in [2.75, 3.05) is 33.4 Å². The molecule has 1 fully saturated rings. The summed E-state index contributed by atoms with van der Waals surface area (Å²) in [5.41, 5.74) is 0. The summed E-state index contributed by atoms with van der Waals surface area (Å²) in [5.74, 6) is 0.234. The molecule has 96 valence electrons. The van der Waals surface area contributed by atoms with Crippen molar-refractivity contribution in [1.29, 1.82) is 0 Å². The first-order chi connectivity index (χ1) is 7.27. The van der Waals surface area contributed by atoms with Crippen molar-refractivity contribution in [2.24, 2.45) is 0 Å². The molecule has 0 bridgehead atoms. The zero-order chi connectivity index (χ0) is 11.1. The summed E-state index contributed by atoms with van der Waals surface area (Å²) in [6.45, 7) is 4.96. The van der Waals surface area contributed by atoms with Gasteiger partial charge in [-0.15, -0.1) is 12.4 Å². The van der Waals surface area contributed by atoms with Crippen LogP contribution in [0.25, 0.3) is 0 Å². The first-order valence-corrected chi connectivity index (χ1v) is 5.80. The summed E-state index contributed by atoms with van der Waals surface area (Å²) in [6.07, 6.45) is 2.66. The number of carbonyl (C=O) groups is 1. The van der Waals surface area contributed by atoms with Gasteiger partial charge >= 0.3 is 0 Å². The maximum Gasteiger partial charge on any atom is 0.224 e. The second kappa shape index (κ2) is 8.79. The molecule has 0 aromatic rings. The molecule has 1 rings (SSSR count). The normalized spacial score (nSPS) is 17.0.